The Morgan fingerprint density at radius 1 is 0.931 bits per heavy atom. The van der Waals surface area contributed by atoms with Crippen molar-refractivity contribution in [3.05, 3.63) is 92.5 Å². The molecule has 3 aromatic carbocycles. The SMILES string of the molecule is O.O=[N+]([O-])c1ccc(-[n+]2nc(-c3ccccc3)nn2-c2ccc(I)cc2)cc1.[Cl-]. The number of tetrazole rings is 1. The van der Waals surface area contributed by atoms with Crippen molar-refractivity contribution in [2.75, 3.05) is 0 Å². The lowest BCUT2D eigenvalue weighted by molar-refractivity contribution is -0.734. The molecule has 0 aliphatic heterocycles. The van der Waals surface area contributed by atoms with Gasteiger partial charge in [-0.3, -0.25) is 10.1 Å². The summed E-state index contributed by atoms with van der Waals surface area (Å²) >= 11 is 2.24. The lowest BCUT2D eigenvalue weighted by Crippen LogP contribution is -3.00. The van der Waals surface area contributed by atoms with E-state index in [0.717, 1.165) is 14.8 Å². The van der Waals surface area contributed by atoms with Crippen molar-refractivity contribution in [1.29, 1.82) is 0 Å². The molecule has 0 radical (unpaired) electrons. The molecule has 0 saturated carbocycles. The van der Waals surface area contributed by atoms with Gasteiger partial charge >= 0.3 is 5.82 Å². The number of nitro benzene ring substituents is 1. The first-order valence-corrected chi connectivity index (χ1v) is 9.15. The van der Waals surface area contributed by atoms with Crippen molar-refractivity contribution >= 4 is 28.3 Å². The average molecular weight is 524 g/mol. The molecule has 0 unspecified atom stereocenters. The number of non-ortho nitro benzene ring substituents is 1. The molecule has 0 aliphatic carbocycles. The molecule has 0 spiro atoms. The summed E-state index contributed by atoms with van der Waals surface area (Å²) in [7, 11) is 0. The Labute approximate surface area is 185 Å². The number of aromatic nitrogens is 4. The van der Waals surface area contributed by atoms with Crippen LogP contribution in [0.25, 0.3) is 22.8 Å². The Kier molecular flexibility index (Phi) is 7.37. The van der Waals surface area contributed by atoms with Gasteiger partial charge in [-0.15, -0.1) is 0 Å². The molecule has 10 heteroatoms. The van der Waals surface area contributed by atoms with E-state index in [2.05, 4.69) is 32.8 Å². The van der Waals surface area contributed by atoms with E-state index in [9.17, 15) is 10.1 Å². The maximum absolute atomic E-state index is 10.9. The van der Waals surface area contributed by atoms with Crippen LogP contribution in [-0.2, 0) is 0 Å². The molecule has 0 atom stereocenters. The van der Waals surface area contributed by atoms with Crippen LogP contribution >= 0.6 is 22.6 Å². The lowest BCUT2D eigenvalue weighted by atomic mass is 10.2. The summed E-state index contributed by atoms with van der Waals surface area (Å²) in [5.74, 6) is 0.563. The second-order valence-electron chi connectivity index (χ2n) is 5.72. The molecule has 0 amide bonds. The van der Waals surface area contributed by atoms with Crippen LogP contribution in [0.2, 0.25) is 0 Å². The molecule has 0 saturated heterocycles. The van der Waals surface area contributed by atoms with Gasteiger partial charge in [0, 0.05) is 20.5 Å². The number of nitro groups is 1. The van der Waals surface area contributed by atoms with E-state index in [0.29, 0.717) is 11.5 Å². The van der Waals surface area contributed by atoms with Gasteiger partial charge in [0.25, 0.3) is 5.69 Å². The number of rotatable bonds is 4. The number of nitrogens with zero attached hydrogens (tertiary/aromatic N) is 5. The summed E-state index contributed by atoms with van der Waals surface area (Å²) < 4.78 is 1.11. The lowest BCUT2D eigenvalue weighted by Gasteiger charge is -2.00. The number of hydrogen-bond donors (Lipinski definition) is 0. The molecular weight excluding hydrogens is 509 g/mol. The zero-order valence-corrected chi connectivity index (χ0v) is 17.7. The summed E-state index contributed by atoms with van der Waals surface area (Å²) in [6.07, 6.45) is 0. The molecule has 8 nitrogen and oxygen atoms in total. The van der Waals surface area contributed by atoms with Crippen molar-refractivity contribution < 1.29 is 27.6 Å². The third-order valence-electron chi connectivity index (χ3n) is 3.94. The minimum absolute atomic E-state index is 0. The van der Waals surface area contributed by atoms with Gasteiger partial charge in [-0.1, -0.05) is 18.2 Å². The molecule has 1 heterocycles. The van der Waals surface area contributed by atoms with Gasteiger partial charge in [0.05, 0.1) is 15.6 Å². The minimum atomic E-state index is -0.423. The summed E-state index contributed by atoms with van der Waals surface area (Å²) in [6, 6.07) is 23.8. The van der Waals surface area contributed by atoms with Gasteiger partial charge in [-0.2, -0.15) is 0 Å². The van der Waals surface area contributed by atoms with Crippen LogP contribution in [0.4, 0.5) is 5.69 Å². The normalized spacial score (nSPS) is 9.97. The zero-order valence-electron chi connectivity index (χ0n) is 14.8. The molecule has 4 aromatic rings. The van der Waals surface area contributed by atoms with Crippen LogP contribution in [-0.4, -0.2) is 25.4 Å². The first-order chi connectivity index (χ1) is 13.1. The molecule has 1 aromatic heterocycles. The van der Waals surface area contributed by atoms with Crippen LogP contribution in [0, 0.1) is 13.7 Å². The highest BCUT2D eigenvalue weighted by Gasteiger charge is 2.23. The second-order valence-corrected chi connectivity index (χ2v) is 6.96. The van der Waals surface area contributed by atoms with E-state index in [-0.39, 0.29) is 23.6 Å². The van der Waals surface area contributed by atoms with Crippen LogP contribution in [0.5, 0.6) is 0 Å². The van der Waals surface area contributed by atoms with Gasteiger partial charge in [0.1, 0.15) is 5.69 Å². The number of benzene rings is 3. The van der Waals surface area contributed by atoms with Crippen molar-refractivity contribution in [2.24, 2.45) is 0 Å². The maximum Gasteiger partial charge on any atom is 0.340 e. The highest BCUT2D eigenvalue weighted by molar-refractivity contribution is 14.1. The second kappa shape index (κ2) is 9.54. The summed E-state index contributed by atoms with van der Waals surface area (Å²) in [4.78, 5) is 13.8. The Balaban J connectivity index is 0.00000150. The van der Waals surface area contributed by atoms with E-state index in [4.69, 9.17) is 0 Å². The highest BCUT2D eigenvalue weighted by atomic mass is 127. The van der Waals surface area contributed by atoms with Gasteiger partial charge in [0.15, 0.2) is 5.69 Å². The molecule has 4 rings (SSSR count). The average Bonchev–Trinajstić information content (AvgIpc) is 3.15. The van der Waals surface area contributed by atoms with Gasteiger partial charge in [-0.05, 0) is 81.0 Å². The Hall–Kier alpha value is -2.89. The fourth-order valence-electron chi connectivity index (χ4n) is 2.60. The molecule has 148 valence electrons. The van der Waals surface area contributed by atoms with E-state index >= 15 is 0 Å². The highest BCUT2D eigenvalue weighted by Crippen LogP contribution is 2.17. The summed E-state index contributed by atoms with van der Waals surface area (Å²) in [6.45, 7) is 0. The summed E-state index contributed by atoms with van der Waals surface area (Å²) in [5.41, 5.74) is 2.43. The standard InChI is InChI=1S/C19H13IN5O2.ClH.H2O/c20-15-6-8-16(9-7-15)23-21-19(14-4-2-1-3-5-14)22-24(23)17-10-12-18(13-11-17)25(26)27;;/h1-13H;1H;1H2/q+1;;/p-1. The van der Waals surface area contributed by atoms with Crippen LogP contribution in [0.1, 0.15) is 0 Å². The summed E-state index contributed by atoms with van der Waals surface area (Å²) in [5, 5.41) is 20.2. The van der Waals surface area contributed by atoms with Gasteiger partial charge < -0.3 is 17.9 Å². The van der Waals surface area contributed by atoms with Crippen molar-refractivity contribution in [3.8, 4) is 22.8 Å². The van der Waals surface area contributed by atoms with E-state index in [1.54, 1.807) is 21.7 Å². The molecule has 2 N–H and O–H groups in total. The first-order valence-electron chi connectivity index (χ1n) is 8.08. The molecular formula is C19H15ClIN5O3. The molecule has 29 heavy (non-hydrogen) atoms. The molecule has 0 aliphatic rings. The smallest absolute Gasteiger partial charge is 0.340 e. The Morgan fingerprint density at radius 3 is 2.14 bits per heavy atom. The van der Waals surface area contributed by atoms with E-state index < -0.39 is 4.92 Å². The predicted octanol–water partition coefficient (Wildman–Crippen LogP) is -0.0969. The van der Waals surface area contributed by atoms with Crippen LogP contribution in [0.3, 0.4) is 0 Å². The largest absolute Gasteiger partial charge is 1.00 e. The Morgan fingerprint density at radius 2 is 1.55 bits per heavy atom. The van der Waals surface area contributed by atoms with Crippen LogP contribution in [0.15, 0.2) is 78.9 Å². The zero-order chi connectivity index (χ0) is 18.8. The van der Waals surface area contributed by atoms with Crippen molar-refractivity contribution in [3.63, 3.8) is 0 Å². The first kappa shape index (κ1) is 22.4. The topological polar surface area (TPSA) is 109 Å². The fraction of sp³-hybridized carbons (Fsp3) is 0. The fourth-order valence-corrected chi connectivity index (χ4v) is 2.96. The van der Waals surface area contributed by atoms with E-state index in [1.165, 1.54) is 12.1 Å². The number of hydrogen-bond acceptors (Lipinski definition) is 4. The quantitative estimate of drug-likeness (QED) is 0.161. The van der Waals surface area contributed by atoms with Crippen molar-refractivity contribution in [1.82, 2.24) is 15.0 Å². The maximum atomic E-state index is 10.9. The van der Waals surface area contributed by atoms with Crippen molar-refractivity contribution in [2.45, 2.75) is 0 Å². The van der Waals surface area contributed by atoms with Crippen LogP contribution < -0.4 is 17.2 Å². The third-order valence-corrected chi connectivity index (χ3v) is 4.66. The van der Waals surface area contributed by atoms with Gasteiger partial charge in [-0.25, -0.2) is 0 Å². The number of halogens is 2. The Bertz CT molecular complexity index is 1100. The molecule has 0 bridgehead atoms. The predicted molar refractivity (Wildman–Crippen MR) is 111 cm³/mol. The van der Waals surface area contributed by atoms with E-state index in [1.807, 2.05) is 54.6 Å². The third kappa shape index (κ3) is 4.75. The van der Waals surface area contributed by atoms with Gasteiger partial charge in [0.2, 0.25) is 0 Å². The molecule has 0 fully saturated rings. The monoisotopic (exact) mass is 523 g/mol. The minimum Gasteiger partial charge on any atom is -1.00 e.